The third-order valence-corrected chi connectivity index (χ3v) is 3.02. The van der Waals surface area contributed by atoms with Gasteiger partial charge in [0.15, 0.2) is 5.69 Å². The number of carbonyl (C=O) groups is 1. The van der Waals surface area contributed by atoms with E-state index in [4.69, 9.17) is 10.5 Å². The van der Waals surface area contributed by atoms with Gasteiger partial charge in [0.1, 0.15) is 0 Å². The molecule has 21 heavy (non-hydrogen) atoms. The van der Waals surface area contributed by atoms with Gasteiger partial charge >= 0.3 is 0 Å². The van der Waals surface area contributed by atoms with Crippen LogP contribution in [0.15, 0.2) is 36.5 Å². The molecule has 0 bridgehead atoms. The highest BCUT2D eigenvalue weighted by atomic mass is 16.5. The Hall–Kier alpha value is -2.34. The average Bonchev–Trinajstić information content (AvgIpc) is 2.97. The van der Waals surface area contributed by atoms with Crippen LogP contribution in [0.1, 0.15) is 23.3 Å². The molecule has 0 radical (unpaired) electrons. The molecule has 0 fully saturated rings. The number of nitrogen functional groups attached to an aromatic ring is 1. The molecule has 2 rings (SSSR count). The lowest BCUT2D eigenvalue weighted by Gasteiger charge is -2.03. The van der Waals surface area contributed by atoms with Crippen molar-refractivity contribution in [1.29, 1.82) is 0 Å². The number of anilines is 1. The van der Waals surface area contributed by atoms with Crippen LogP contribution in [0.5, 0.6) is 0 Å². The van der Waals surface area contributed by atoms with E-state index in [0.29, 0.717) is 24.5 Å². The molecule has 0 saturated carbocycles. The minimum atomic E-state index is -0.171. The normalized spacial score (nSPS) is 10.5. The number of hydrogen-bond acceptors (Lipinski definition) is 4. The molecule has 0 aliphatic rings. The van der Waals surface area contributed by atoms with Gasteiger partial charge in [-0.25, -0.2) is 4.68 Å². The molecule has 0 saturated heterocycles. The average molecular weight is 288 g/mol. The molecule has 0 aliphatic carbocycles. The van der Waals surface area contributed by atoms with Crippen LogP contribution in [-0.4, -0.2) is 35.9 Å². The summed E-state index contributed by atoms with van der Waals surface area (Å²) in [6.07, 6.45) is 3.55. The Morgan fingerprint density at radius 3 is 3.00 bits per heavy atom. The van der Waals surface area contributed by atoms with Gasteiger partial charge in [0.05, 0.1) is 5.69 Å². The number of aromatic nitrogens is 2. The van der Waals surface area contributed by atoms with Crippen molar-refractivity contribution in [2.75, 3.05) is 26.0 Å². The first kappa shape index (κ1) is 15.1. The van der Waals surface area contributed by atoms with Crippen LogP contribution < -0.4 is 11.1 Å². The quantitative estimate of drug-likeness (QED) is 0.599. The largest absolute Gasteiger partial charge is 0.399 e. The second kappa shape index (κ2) is 7.44. The van der Waals surface area contributed by atoms with Gasteiger partial charge in [0, 0.05) is 32.1 Å². The van der Waals surface area contributed by atoms with Crippen molar-refractivity contribution >= 4 is 11.6 Å². The summed E-state index contributed by atoms with van der Waals surface area (Å²) in [5.74, 6) is -0.171. The van der Waals surface area contributed by atoms with Gasteiger partial charge in [-0.2, -0.15) is 5.10 Å². The van der Waals surface area contributed by atoms with E-state index in [1.165, 1.54) is 0 Å². The molecule has 2 aromatic rings. The predicted molar refractivity (Wildman–Crippen MR) is 81.4 cm³/mol. The maximum absolute atomic E-state index is 11.9. The number of rotatable bonds is 7. The Morgan fingerprint density at radius 1 is 1.38 bits per heavy atom. The lowest BCUT2D eigenvalue weighted by atomic mass is 10.3. The smallest absolute Gasteiger partial charge is 0.271 e. The number of methoxy groups -OCH3 is 1. The zero-order chi connectivity index (χ0) is 15.1. The molecule has 1 aromatic heterocycles. The van der Waals surface area contributed by atoms with Gasteiger partial charge < -0.3 is 15.8 Å². The minimum Gasteiger partial charge on any atom is -0.399 e. The summed E-state index contributed by atoms with van der Waals surface area (Å²) in [7, 11) is 1.67. The van der Waals surface area contributed by atoms with Gasteiger partial charge in [0.25, 0.3) is 5.91 Å². The van der Waals surface area contributed by atoms with Crippen molar-refractivity contribution in [3.63, 3.8) is 0 Å². The molecule has 1 heterocycles. The standard InChI is InChI=1S/C15H20N4O2/c1-21-10-3-2-8-17-15(20)14-7-9-19(18-14)13-6-4-5-12(16)11-13/h4-7,9,11H,2-3,8,10,16H2,1H3,(H,17,20). The SMILES string of the molecule is COCCCCNC(=O)c1ccn(-c2cccc(N)c2)n1. The molecule has 0 unspecified atom stereocenters. The van der Waals surface area contributed by atoms with Gasteiger partial charge in [-0.1, -0.05) is 6.07 Å². The fraction of sp³-hybridized carbons (Fsp3) is 0.333. The van der Waals surface area contributed by atoms with Crippen LogP contribution in [0.4, 0.5) is 5.69 Å². The first-order valence-corrected chi connectivity index (χ1v) is 6.89. The molecule has 0 atom stereocenters. The molecule has 1 aromatic carbocycles. The number of carbonyl (C=O) groups excluding carboxylic acids is 1. The Bertz CT molecular complexity index is 595. The number of nitrogens with zero attached hydrogens (tertiary/aromatic N) is 2. The number of nitrogens with one attached hydrogen (secondary N) is 1. The van der Waals surface area contributed by atoms with Crippen molar-refractivity contribution in [3.05, 3.63) is 42.2 Å². The van der Waals surface area contributed by atoms with E-state index in [2.05, 4.69) is 10.4 Å². The van der Waals surface area contributed by atoms with Gasteiger partial charge in [-0.15, -0.1) is 0 Å². The molecule has 6 heteroatoms. The second-order valence-electron chi connectivity index (χ2n) is 4.70. The molecular formula is C15H20N4O2. The summed E-state index contributed by atoms with van der Waals surface area (Å²) in [6.45, 7) is 1.33. The molecule has 0 spiro atoms. The third kappa shape index (κ3) is 4.32. The van der Waals surface area contributed by atoms with E-state index < -0.39 is 0 Å². The number of unbranched alkanes of at least 4 members (excludes halogenated alkanes) is 1. The zero-order valence-electron chi connectivity index (χ0n) is 12.1. The van der Waals surface area contributed by atoms with E-state index in [0.717, 1.165) is 18.5 Å². The number of benzene rings is 1. The van der Waals surface area contributed by atoms with Crippen LogP contribution >= 0.6 is 0 Å². The molecule has 1 amide bonds. The minimum absolute atomic E-state index is 0.171. The van der Waals surface area contributed by atoms with E-state index in [-0.39, 0.29) is 5.91 Å². The number of ether oxygens (including phenoxy) is 1. The van der Waals surface area contributed by atoms with Crippen molar-refractivity contribution < 1.29 is 9.53 Å². The van der Waals surface area contributed by atoms with Crippen LogP contribution in [0.3, 0.4) is 0 Å². The fourth-order valence-corrected chi connectivity index (χ4v) is 1.92. The van der Waals surface area contributed by atoms with E-state index in [1.807, 2.05) is 12.1 Å². The summed E-state index contributed by atoms with van der Waals surface area (Å²) in [4.78, 5) is 11.9. The molecular weight excluding hydrogens is 268 g/mol. The third-order valence-electron chi connectivity index (χ3n) is 3.02. The Morgan fingerprint density at radius 2 is 2.24 bits per heavy atom. The van der Waals surface area contributed by atoms with E-state index >= 15 is 0 Å². The maximum Gasteiger partial charge on any atom is 0.271 e. The number of nitrogens with two attached hydrogens (primary N) is 1. The molecule has 6 nitrogen and oxygen atoms in total. The Labute approximate surface area is 123 Å². The summed E-state index contributed by atoms with van der Waals surface area (Å²) in [6, 6.07) is 9.03. The first-order valence-electron chi connectivity index (χ1n) is 6.89. The van der Waals surface area contributed by atoms with Crippen LogP contribution in [-0.2, 0) is 4.74 Å². The van der Waals surface area contributed by atoms with Crippen molar-refractivity contribution in [2.45, 2.75) is 12.8 Å². The lowest BCUT2D eigenvalue weighted by molar-refractivity contribution is 0.0946. The van der Waals surface area contributed by atoms with Crippen LogP contribution in [0.25, 0.3) is 5.69 Å². The van der Waals surface area contributed by atoms with Crippen LogP contribution in [0.2, 0.25) is 0 Å². The summed E-state index contributed by atoms with van der Waals surface area (Å²) < 4.78 is 6.59. The van der Waals surface area contributed by atoms with E-state index in [9.17, 15) is 4.79 Å². The highest BCUT2D eigenvalue weighted by Crippen LogP contribution is 2.11. The topological polar surface area (TPSA) is 82.2 Å². The molecule has 0 aliphatic heterocycles. The van der Waals surface area contributed by atoms with Crippen molar-refractivity contribution in [2.24, 2.45) is 0 Å². The molecule has 3 N–H and O–H groups in total. The highest BCUT2D eigenvalue weighted by molar-refractivity contribution is 5.92. The monoisotopic (exact) mass is 288 g/mol. The maximum atomic E-state index is 11.9. The van der Waals surface area contributed by atoms with E-state index in [1.54, 1.807) is 36.2 Å². The van der Waals surface area contributed by atoms with Gasteiger partial charge in [-0.3, -0.25) is 4.79 Å². The number of amides is 1. The highest BCUT2D eigenvalue weighted by Gasteiger charge is 2.09. The second-order valence-corrected chi connectivity index (χ2v) is 4.70. The number of hydrogen-bond donors (Lipinski definition) is 2. The van der Waals surface area contributed by atoms with Crippen LogP contribution in [0, 0.1) is 0 Å². The summed E-state index contributed by atoms with van der Waals surface area (Å²) >= 11 is 0. The Kier molecular flexibility index (Phi) is 5.34. The molecule has 112 valence electrons. The predicted octanol–water partition coefficient (Wildman–Crippen LogP) is 1.61. The van der Waals surface area contributed by atoms with Gasteiger partial charge in [0.2, 0.25) is 0 Å². The first-order chi connectivity index (χ1) is 10.2. The Balaban J connectivity index is 1.92. The van der Waals surface area contributed by atoms with Crippen molar-refractivity contribution in [3.8, 4) is 5.69 Å². The summed E-state index contributed by atoms with van der Waals surface area (Å²) in [5, 5.41) is 7.10. The summed E-state index contributed by atoms with van der Waals surface area (Å²) in [5.41, 5.74) is 7.62. The zero-order valence-corrected chi connectivity index (χ0v) is 12.1. The fourth-order valence-electron chi connectivity index (χ4n) is 1.92. The van der Waals surface area contributed by atoms with Gasteiger partial charge in [-0.05, 0) is 37.1 Å². The van der Waals surface area contributed by atoms with Crippen molar-refractivity contribution in [1.82, 2.24) is 15.1 Å². The lowest BCUT2D eigenvalue weighted by Crippen LogP contribution is -2.25.